The minimum absolute atomic E-state index is 0.141. The summed E-state index contributed by atoms with van der Waals surface area (Å²) in [6, 6.07) is 0.892. The van der Waals surface area contributed by atoms with Crippen LogP contribution in [0.4, 0.5) is 14.6 Å². The zero-order valence-electron chi connectivity index (χ0n) is 7.58. The van der Waals surface area contributed by atoms with Crippen molar-refractivity contribution < 1.29 is 18.7 Å². The zero-order valence-corrected chi connectivity index (χ0v) is 7.58. The number of aromatic nitrogens is 1. The molecule has 0 aliphatic carbocycles. The van der Waals surface area contributed by atoms with E-state index >= 15 is 0 Å². The predicted molar refractivity (Wildman–Crippen MR) is 48.5 cm³/mol. The van der Waals surface area contributed by atoms with Gasteiger partial charge in [0.15, 0.2) is 0 Å². The van der Waals surface area contributed by atoms with Crippen LogP contribution in [0.5, 0.6) is 0 Å². The Morgan fingerprint density at radius 2 is 2.20 bits per heavy atom. The summed E-state index contributed by atoms with van der Waals surface area (Å²) < 4.78 is 25.1. The van der Waals surface area contributed by atoms with Crippen molar-refractivity contribution in [2.24, 2.45) is 5.73 Å². The van der Waals surface area contributed by atoms with Crippen molar-refractivity contribution in [2.75, 3.05) is 5.73 Å². The third-order valence-corrected chi connectivity index (χ3v) is 1.80. The molecule has 82 valence electrons. The third kappa shape index (κ3) is 2.18. The second-order valence-corrected chi connectivity index (χ2v) is 2.77. The number of nitrogens with two attached hydrogens (primary N) is 2. The minimum atomic E-state index is -2.94. The normalized spacial score (nSPS) is 10.7. The number of pyridine rings is 1. The van der Waals surface area contributed by atoms with Gasteiger partial charge in [-0.15, -0.1) is 0 Å². The highest BCUT2D eigenvalue weighted by Gasteiger charge is 2.23. The van der Waals surface area contributed by atoms with Crippen LogP contribution in [-0.4, -0.2) is 16.1 Å². The van der Waals surface area contributed by atoms with E-state index in [0.29, 0.717) is 0 Å². The van der Waals surface area contributed by atoms with E-state index in [1.807, 2.05) is 0 Å². The van der Waals surface area contributed by atoms with E-state index in [1.54, 1.807) is 0 Å². The van der Waals surface area contributed by atoms with Gasteiger partial charge < -0.3 is 16.6 Å². The molecule has 0 spiro atoms. The van der Waals surface area contributed by atoms with Crippen molar-refractivity contribution in [3.63, 3.8) is 0 Å². The Bertz CT molecular complexity index is 396. The van der Waals surface area contributed by atoms with Crippen LogP contribution in [0.1, 0.15) is 28.0 Å². The summed E-state index contributed by atoms with van der Waals surface area (Å²) >= 11 is 0. The van der Waals surface area contributed by atoms with Gasteiger partial charge in [-0.2, -0.15) is 0 Å². The van der Waals surface area contributed by atoms with Crippen LogP contribution in [0, 0.1) is 0 Å². The average Bonchev–Trinajstić information content (AvgIpc) is 2.15. The van der Waals surface area contributed by atoms with Crippen molar-refractivity contribution in [3.05, 3.63) is 22.9 Å². The van der Waals surface area contributed by atoms with E-state index in [9.17, 15) is 13.6 Å². The summed E-state index contributed by atoms with van der Waals surface area (Å²) in [4.78, 5) is 14.3. The van der Waals surface area contributed by atoms with Gasteiger partial charge in [0.2, 0.25) is 0 Å². The van der Waals surface area contributed by atoms with E-state index in [-0.39, 0.29) is 18.1 Å². The highest BCUT2D eigenvalue weighted by molar-refractivity contribution is 5.90. The first-order valence-corrected chi connectivity index (χ1v) is 3.98. The molecule has 0 aliphatic rings. The summed E-state index contributed by atoms with van der Waals surface area (Å²) in [5, 5.41) is 8.70. The van der Waals surface area contributed by atoms with Crippen LogP contribution in [0.15, 0.2) is 6.07 Å². The number of nitrogen functional groups attached to an aromatic ring is 1. The van der Waals surface area contributed by atoms with E-state index < -0.39 is 23.5 Å². The Labute approximate surface area is 83.7 Å². The summed E-state index contributed by atoms with van der Waals surface area (Å²) in [5.41, 5.74) is 9.03. The maximum atomic E-state index is 12.6. The van der Waals surface area contributed by atoms with Crippen LogP contribution in [0.25, 0.3) is 0 Å². The monoisotopic (exact) mass is 217 g/mol. The number of halogens is 2. The van der Waals surface area contributed by atoms with Gasteiger partial charge in [-0.3, -0.25) is 0 Å². The highest BCUT2D eigenvalue weighted by Crippen LogP contribution is 2.27. The maximum Gasteiger partial charge on any atom is 0.336 e. The number of rotatable bonds is 3. The van der Waals surface area contributed by atoms with Gasteiger partial charge in [-0.1, -0.05) is 0 Å². The van der Waals surface area contributed by atoms with Crippen molar-refractivity contribution >= 4 is 11.8 Å². The number of aromatic carboxylic acids is 1. The maximum absolute atomic E-state index is 12.6. The molecule has 1 rings (SSSR count). The molecule has 0 amide bonds. The van der Waals surface area contributed by atoms with Gasteiger partial charge in [0.1, 0.15) is 5.82 Å². The Kier molecular flexibility index (Phi) is 3.15. The van der Waals surface area contributed by atoms with Gasteiger partial charge in [-0.25, -0.2) is 18.6 Å². The number of hydrogen-bond donors (Lipinski definition) is 3. The first kappa shape index (κ1) is 11.3. The van der Waals surface area contributed by atoms with Gasteiger partial charge in [0.25, 0.3) is 6.43 Å². The molecule has 0 aromatic carbocycles. The van der Waals surface area contributed by atoms with Crippen LogP contribution >= 0.6 is 0 Å². The van der Waals surface area contributed by atoms with Gasteiger partial charge in [0, 0.05) is 6.54 Å². The van der Waals surface area contributed by atoms with E-state index in [2.05, 4.69) is 4.98 Å². The van der Waals surface area contributed by atoms with Crippen molar-refractivity contribution in [1.82, 2.24) is 4.98 Å². The first-order valence-electron chi connectivity index (χ1n) is 3.98. The molecular weight excluding hydrogens is 208 g/mol. The molecule has 7 heteroatoms. The summed E-state index contributed by atoms with van der Waals surface area (Å²) in [7, 11) is 0. The number of hydrogen-bond acceptors (Lipinski definition) is 4. The summed E-state index contributed by atoms with van der Waals surface area (Å²) in [6.07, 6.45) is -2.94. The van der Waals surface area contributed by atoms with Crippen LogP contribution in [0.2, 0.25) is 0 Å². The Morgan fingerprint density at radius 3 is 2.60 bits per heavy atom. The second-order valence-electron chi connectivity index (χ2n) is 2.77. The molecule has 0 unspecified atom stereocenters. The van der Waals surface area contributed by atoms with Gasteiger partial charge in [-0.05, 0) is 6.07 Å². The first-order chi connectivity index (χ1) is 6.97. The molecule has 0 aliphatic heterocycles. The molecule has 5 nitrogen and oxygen atoms in total. The molecule has 1 aromatic heterocycles. The SMILES string of the molecule is NCc1nc(N)cc(C(=O)O)c1C(F)F. The second kappa shape index (κ2) is 4.18. The number of alkyl halides is 2. The lowest BCUT2D eigenvalue weighted by Gasteiger charge is -2.10. The average molecular weight is 217 g/mol. The summed E-state index contributed by atoms with van der Waals surface area (Å²) in [5.74, 6) is -1.62. The standard InChI is InChI=1S/C8H9F2N3O2/c9-7(10)6-3(8(14)15)1-5(12)13-4(6)2-11/h1,7H,2,11H2,(H2,12,13)(H,14,15). The van der Waals surface area contributed by atoms with Crippen molar-refractivity contribution in [2.45, 2.75) is 13.0 Å². The smallest absolute Gasteiger partial charge is 0.336 e. The number of nitrogens with zero attached hydrogens (tertiary/aromatic N) is 1. The fraction of sp³-hybridized carbons (Fsp3) is 0.250. The van der Waals surface area contributed by atoms with Gasteiger partial charge >= 0.3 is 5.97 Å². The third-order valence-electron chi connectivity index (χ3n) is 1.80. The Hall–Kier alpha value is -1.76. The molecule has 0 bridgehead atoms. The fourth-order valence-corrected chi connectivity index (χ4v) is 1.21. The fourth-order valence-electron chi connectivity index (χ4n) is 1.21. The van der Waals surface area contributed by atoms with Crippen molar-refractivity contribution in [1.29, 1.82) is 0 Å². The predicted octanol–water partition coefficient (Wildman–Crippen LogP) is 0.758. The Morgan fingerprint density at radius 1 is 1.60 bits per heavy atom. The van der Waals surface area contributed by atoms with Crippen LogP contribution in [-0.2, 0) is 6.54 Å². The molecule has 1 aromatic rings. The largest absolute Gasteiger partial charge is 0.478 e. The topological polar surface area (TPSA) is 102 Å². The van der Waals surface area contributed by atoms with Crippen molar-refractivity contribution in [3.8, 4) is 0 Å². The lowest BCUT2D eigenvalue weighted by Crippen LogP contribution is -2.13. The molecule has 1 heterocycles. The zero-order chi connectivity index (χ0) is 11.6. The number of carbonyl (C=O) groups is 1. The quantitative estimate of drug-likeness (QED) is 0.693. The molecule has 0 saturated heterocycles. The Balaban J connectivity index is 3.47. The number of carboxylic acid groups (broad SMARTS) is 1. The molecule has 15 heavy (non-hydrogen) atoms. The molecule has 0 fully saturated rings. The highest BCUT2D eigenvalue weighted by atomic mass is 19.3. The molecule has 5 N–H and O–H groups in total. The van der Waals surface area contributed by atoms with Crippen LogP contribution in [0.3, 0.4) is 0 Å². The lowest BCUT2D eigenvalue weighted by molar-refractivity contribution is 0.0683. The van der Waals surface area contributed by atoms with E-state index in [1.165, 1.54) is 0 Å². The molecule has 0 atom stereocenters. The van der Waals surface area contributed by atoms with Crippen LogP contribution < -0.4 is 11.5 Å². The minimum Gasteiger partial charge on any atom is -0.478 e. The number of anilines is 1. The summed E-state index contributed by atoms with van der Waals surface area (Å²) in [6.45, 7) is -0.287. The van der Waals surface area contributed by atoms with E-state index in [4.69, 9.17) is 16.6 Å². The molecular formula is C8H9F2N3O2. The lowest BCUT2D eigenvalue weighted by atomic mass is 10.1. The molecule has 0 saturated carbocycles. The number of carboxylic acids is 1. The molecule has 0 radical (unpaired) electrons. The van der Waals surface area contributed by atoms with E-state index in [0.717, 1.165) is 6.07 Å². The van der Waals surface area contributed by atoms with Gasteiger partial charge in [0.05, 0.1) is 16.8 Å².